The molecule has 0 aliphatic carbocycles. The first-order chi connectivity index (χ1) is 21.2. The zero-order valence-corrected chi connectivity index (χ0v) is 24.6. The summed E-state index contributed by atoms with van der Waals surface area (Å²) in [6, 6.07) is 17.9. The summed E-state index contributed by atoms with van der Waals surface area (Å²) >= 11 is 0. The zero-order valence-electron chi connectivity index (χ0n) is 24.6. The Morgan fingerprint density at radius 3 is 2.00 bits per heavy atom. The summed E-state index contributed by atoms with van der Waals surface area (Å²) in [5.74, 6) is -0.633. The average Bonchev–Trinajstić information content (AvgIpc) is 3.01. The van der Waals surface area contributed by atoms with Gasteiger partial charge in [0.1, 0.15) is 0 Å². The van der Waals surface area contributed by atoms with Gasteiger partial charge in [-0.15, -0.1) is 0 Å². The van der Waals surface area contributed by atoms with Gasteiger partial charge in [-0.2, -0.15) is 26.3 Å². The lowest BCUT2D eigenvalue weighted by Gasteiger charge is -2.29. The zero-order chi connectivity index (χ0) is 32.9. The Kier molecular flexibility index (Phi) is 9.94. The SMILES string of the molecule is COc1ccc(NC(=O)CCC(Cc2ccc3ccccc3c2)N(C)C(=O)c2cc(C(F)(F)F)cc(C(F)(F)F)c2)cc1OC. The van der Waals surface area contributed by atoms with E-state index in [4.69, 9.17) is 9.47 Å². The number of carbonyl (C=O) groups excluding carboxylic acids is 2. The molecule has 6 nitrogen and oxygen atoms in total. The minimum atomic E-state index is -5.11. The molecule has 0 spiro atoms. The summed E-state index contributed by atoms with van der Waals surface area (Å²) in [6.07, 6.45) is -10.1. The van der Waals surface area contributed by atoms with Crippen LogP contribution in [-0.2, 0) is 23.6 Å². The van der Waals surface area contributed by atoms with E-state index in [0.717, 1.165) is 21.2 Å². The molecule has 238 valence electrons. The first-order valence-corrected chi connectivity index (χ1v) is 13.8. The number of ether oxygens (including phenoxy) is 2. The van der Waals surface area contributed by atoms with Gasteiger partial charge in [0.2, 0.25) is 5.91 Å². The number of amides is 2. The van der Waals surface area contributed by atoms with Crippen molar-refractivity contribution in [2.45, 2.75) is 37.7 Å². The third-order valence-corrected chi connectivity index (χ3v) is 7.36. The number of hydrogen-bond donors (Lipinski definition) is 1. The molecule has 0 aromatic heterocycles. The number of nitrogens with one attached hydrogen (secondary N) is 1. The number of likely N-dealkylation sites (N-methyl/N-ethyl adjacent to an activating group) is 1. The van der Waals surface area contributed by atoms with E-state index in [1.54, 1.807) is 18.2 Å². The number of hydrogen-bond acceptors (Lipinski definition) is 4. The van der Waals surface area contributed by atoms with Crippen LogP contribution < -0.4 is 14.8 Å². The quantitative estimate of drug-likeness (QED) is 0.180. The van der Waals surface area contributed by atoms with E-state index in [1.807, 2.05) is 42.5 Å². The number of rotatable bonds is 10. The maximum Gasteiger partial charge on any atom is 0.416 e. The second-order valence-corrected chi connectivity index (χ2v) is 10.4. The number of carbonyl (C=O) groups is 2. The van der Waals surface area contributed by atoms with Crippen LogP contribution in [0, 0.1) is 0 Å². The third kappa shape index (κ3) is 8.25. The highest BCUT2D eigenvalue weighted by molar-refractivity contribution is 5.95. The van der Waals surface area contributed by atoms with Crippen LogP contribution in [0.5, 0.6) is 11.5 Å². The van der Waals surface area contributed by atoms with Crippen molar-refractivity contribution in [3.05, 3.63) is 101 Å². The van der Waals surface area contributed by atoms with Gasteiger partial charge in [0.05, 0.1) is 25.3 Å². The number of alkyl halides is 6. The first-order valence-electron chi connectivity index (χ1n) is 13.8. The highest BCUT2D eigenvalue weighted by Gasteiger charge is 2.38. The average molecular weight is 633 g/mol. The Balaban J connectivity index is 1.62. The van der Waals surface area contributed by atoms with Crippen molar-refractivity contribution in [3.8, 4) is 11.5 Å². The molecule has 0 aliphatic rings. The fourth-order valence-corrected chi connectivity index (χ4v) is 4.95. The number of benzene rings is 4. The molecular weight excluding hydrogens is 602 g/mol. The second kappa shape index (κ2) is 13.5. The summed E-state index contributed by atoms with van der Waals surface area (Å²) < 4.78 is 91.5. The smallest absolute Gasteiger partial charge is 0.416 e. The van der Waals surface area contributed by atoms with Crippen LogP contribution in [0.25, 0.3) is 10.8 Å². The van der Waals surface area contributed by atoms with Crippen molar-refractivity contribution in [2.24, 2.45) is 0 Å². The molecule has 1 N–H and O–H groups in total. The third-order valence-electron chi connectivity index (χ3n) is 7.36. The molecule has 45 heavy (non-hydrogen) atoms. The summed E-state index contributed by atoms with van der Waals surface area (Å²) in [7, 11) is 4.20. The second-order valence-electron chi connectivity index (χ2n) is 10.4. The fourth-order valence-electron chi connectivity index (χ4n) is 4.95. The van der Waals surface area contributed by atoms with Crippen LogP contribution in [0.4, 0.5) is 32.0 Å². The topological polar surface area (TPSA) is 67.9 Å². The highest BCUT2D eigenvalue weighted by Crippen LogP contribution is 2.37. The standard InChI is InChI=1S/C33H30F6N2O4/c1-41(31(43)23-16-24(32(34,35)36)18-25(17-23)33(37,38)39)27(15-20-8-9-21-6-4-5-7-22(21)14-20)11-13-30(42)40-26-10-12-28(44-2)29(19-26)45-3/h4-10,12,14,16-19,27H,11,13,15H2,1-3H3,(H,40,42). The van der Waals surface area contributed by atoms with E-state index in [2.05, 4.69) is 5.32 Å². The molecule has 0 radical (unpaired) electrons. The van der Waals surface area contributed by atoms with Crippen molar-refractivity contribution in [2.75, 3.05) is 26.6 Å². The van der Waals surface area contributed by atoms with Crippen LogP contribution in [-0.4, -0.2) is 44.0 Å². The maximum atomic E-state index is 13.5. The van der Waals surface area contributed by atoms with Gasteiger partial charge >= 0.3 is 12.4 Å². The summed E-state index contributed by atoms with van der Waals surface area (Å²) in [5, 5.41) is 4.59. The Bertz CT molecular complexity index is 1650. The van der Waals surface area contributed by atoms with E-state index in [9.17, 15) is 35.9 Å². The van der Waals surface area contributed by atoms with Crippen LogP contribution in [0.2, 0.25) is 0 Å². The van der Waals surface area contributed by atoms with E-state index in [1.165, 1.54) is 21.3 Å². The normalized spacial score (nSPS) is 12.5. The van der Waals surface area contributed by atoms with E-state index >= 15 is 0 Å². The number of fused-ring (bicyclic) bond motifs is 1. The fraction of sp³-hybridized carbons (Fsp3) is 0.273. The molecule has 0 saturated heterocycles. The van der Waals surface area contributed by atoms with Gasteiger partial charge in [0, 0.05) is 36.8 Å². The van der Waals surface area contributed by atoms with Crippen LogP contribution in [0.3, 0.4) is 0 Å². The Hall–Kier alpha value is -4.74. The van der Waals surface area contributed by atoms with Crippen molar-refractivity contribution in [3.63, 3.8) is 0 Å². The molecule has 4 aromatic rings. The van der Waals surface area contributed by atoms with Gasteiger partial charge in [-0.05, 0) is 59.5 Å². The van der Waals surface area contributed by atoms with E-state index in [0.29, 0.717) is 29.3 Å². The van der Waals surface area contributed by atoms with Gasteiger partial charge in [0.15, 0.2) is 11.5 Å². The summed E-state index contributed by atoms with van der Waals surface area (Å²) in [6.45, 7) is 0. The Morgan fingerprint density at radius 1 is 0.778 bits per heavy atom. The molecular formula is C33H30F6N2O4. The van der Waals surface area contributed by atoms with Crippen molar-refractivity contribution in [1.82, 2.24) is 4.90 Å². The van der Waals surface area contributed by atoms with E-state index < -0.39 is 46.9 Å². The molecule has 2 amide bonds. The van der Waals surface area contributed by atoms with Crippen LogP contribution in [0.1, 0.15) is 39.9 Å². The van der Waals surface area contributed by atoms with Crippen molar-refractivity contribution in [1.29, 1.82) is 0 Å². The molecule has 0 bridgehead atoms. The molecule has 12 heteroatoms. The van der Waals surface area contributed by atoms with E-state index in [-0.39, 0.29) is 25.3 Å². The molecule has 1 atom stereocenters. The van der Waals surface area contributed by atoms with Crippen LogP contribution in [0.15, 0.2) is 78.9 Å². The monoisotopic (exact) mass is 632 g/mol. The predicted octanol–water partition coefficient (Wildman–Crippen LogP) is 8.00. The van der Waals surface area contributed by atoms with Crippen molar-refractivity contribution < 1.29 is 45.4 Å². The van der Waals surface area contributed by atoms with Gasteiger partial charge in [-0.1, -0.05) is 42.5 Å². The minimum Gasteiger partial charge on any atom is -0.493 e. The van der Waals surface area contributed by atoms with Crippen molar-refractivity contribution >= 4 is 28.3 Å². The van der Waals surface area contributed by atoms with Crippen LogP contribution >= 0.6 is 0 Å². The summed E-state index contributed by atoms with van der Waals surface area (Å²) in [5.41, 5.74) is -2.77. The van der Waals surface area contributed by atoms with Gasteiger partial charge in [-0.25, -0.2) is 0 Å². The molecule has 0 saturated carbocycles. The highest BCUT2D eigenvalue weighted by atomic mass is 19.4. The summed E-state index contributed by atoms with van der Waals surface area (Å²) in [4.78, 5) is 27.5. The maximum absolute atomic E-state index is 13.5. The Labute approximate surface area is 255 Å². The van der Waals surface area contributed by atoms with Gasteiger partial charge < -0.3 is 19.7 Å². The predicted molar refractivity (Wildman–Crippen MR) is 157 cm³/mol. The molecule has 0 heterocycles. The largest absolute Gasteiger partial charge is 0.493 e. The molecule has 0 aliphatic heterocycles. The number of methoxy groups -OCH3 is 2. The lowest BCUT2D eigenvalue weighted by molar-refractivity contribution is -0.143. The molecule has 0 fully saturated rings. The lowest BCUT2D eigenvalue weighted by Crippen LogP contribution is -2.39. The molecule has 1 unspecified atom stereocenters. The van der Waals surface area contributed by atoms with Gasteiger partial charge in [-0.3, -0.25) is 9.59 Å². The minimum absolute atomic E-state index is 0.0260. The number of halogens is 6. The molecule has 4 aromatic carbocycles. The number of anilines is 1. The first kappa shape index (κ1) is 33.2. The molecule has 4 rings (SSSR count). The Morgan fingerprint density at radius 2 is 1.40 bits per heavy atom. The lowest BCUT2D eigenvalue weighted by atomic mass is 9.97. The van der Waals surface area contributed by atoms with Gasteiger partial charge in [0.25, 0.3) is 5.91 Å². The number of nitrogens with zero attached hydrogens (tertiary/aromatic N) is 1.